The van der Waals surface area contributed by atoms with Crippen LogP contribution in [0.15, 0.2) is 52.9 Å². The molecule has 2 aromatic carbocycles. The Morgan fingerprint density at radius 2 is 1.90 bits per heavy atom. The summed E-state index contributed by atoms with van der Waals surface area (Å²) in [6.45, 7) is 5.20. The molecule has 0 aliphatic carbocycles. The molecule has 0 unspecified atom stereocenters. The van der Waals surface area contributed by atoms with Crippen molar-refractivity contribution in [2.45, 2.75) is 35.9 Å². The zero-order chi connectivity index (χ0) is 22.2. The van der Waals surface area contributed by atoms with Gasteiger partial charge in [-0.25, -0.2) is 4.39 Å². The number of amides is 2. The van der Waals surface area contributed by atoms with E-state index in [-0.39, 0.29) is 17.6 Å². The predicted octanol–water partition coefficient (Wildman–Crippen LogP) is 4.67. The minimum atomic E-state index is -1.04. The van der Waals surface area contributed by atoms with Gasteiger partial charge in [0.05, 0.1) is 22.3 Å². The van der Waals surface area contributed by atoms with Crippen LogP contribution in [-0.4, -0.2) is 32.8 Å². The lowest BCUT2D eigenvalue weighted by atomic mass is 9.96. The first-order valence-electron chi connectivity index (χ1n) is 9.53. The van der Waals surface area contributed by atoms with Crippen LogP contribution in [0.4, 0.5) is 26.6 Å². The predicted molar refractivity (Wildman–Crippen MR) is 122 cm³/mol. The van der Waals surface area contributed by atoms with E-state index in [1.54, 1.807) is 49.9 Å². The Morgan fingerprint density at radius 1 is 1.19 bits per heavy atom. The summed E-state index contributed by atoms with van der Waals surface area (Å²) in [4.78, 5) is 27.5. The molecule has 2 heterocycles. The van der Waals surface area contributed by atoms with Crippen molar-refractivity contribution in [3.63, 3.8) is 0 Å². The fraction of sp³-hybridized carbons (Fsp3) is 0.238. The van der Waals surface area contributed by atoms with Gasteiger partial charge in [-0.05, 0) is 45.0 Å². The van der Waals surface area contributed by atoms with Gasteiger partial charge in [-0.2, -0.15) is 0 Å². The number of benzene rings is 2. The monoisotopic (exact) mass is 457 g/mol. The van der Waals surface area contributed by atoms with E-state index >= 15 is 0 Å². The van der Waals surface area contributed by atoms with Crippen LogP contribution in [0, 0.1) is 5.82 Å². The molecule has 2 N–H and O–H groups in total. The van der Waals surface area contributed by atoms with Crippen molar-refractivity contribution in [2.75, 3.05) is 15.5 Å². The van der Waals surface area contributed by atoms with E-state index in [1.165, 1.54) is 29.2 Å². The van der Waals surface area contributed by atoms with Crippen LogP contribution >= 0.6 is 23.1 Å². The molecule has 160 valence electrons. The molecule has 0 bridgehead atoms. The van der Waals surface area contributed by atoms with Crippen LogP contribution < -0.4 is 15.5 Å². The van der Waals surface area contributed by atoms with Crippen molar-refractivity contribution >= 4 is 57.1 Å². The van der Waals surface area contributed by atoms with Gasteiger partial charge in [0.15, 0.2) is 4.34 Å². The number of carbonyl (C=O) groups is 2. The molecule has 0 spiro atoms. The number of rotatable bonds is 5. The number of carbonyl (C=O) groups excluding carboxylic acids is 2. The molecular weight excluding hydrogens is 437 g/mol. The number of hydrogen-bond donors (Lipinski definition) is 2. The summed E-state index contributed by atoms with van der Waals surface area (Å²) in [6.07, 6.45) is 0. The maximum Gasteiger partial charge on any atom is 0.250 e. The molecule has 31 heavy (non-hydrogen) atoms. The summed E-state index contributed by atoms with van der Waals surface area (Å²) < 4.78 is 14.4. The van der Waals surface area contributed by atoms with Gasteiger partial charge in [-0.1, -0.05) is 47.4 Å². The van der Waals surface area contributed by atoms with Gasteiger partial charge in [-0.15, -0.1) is 10.2 Å². The smallest absolute Gasteiger partial charge is 0.250 e. The van der Waals surface area contributed by atoms with Crippen molar-refractivity contribution in [3.8, 4) is 0 Å². The molecule has 1 aliphatic heterocycles. The molecule has 2 amide bonds. The first kappa shape index (κ1) is 21.3. The average Bonchev–Trinajstić information content (AvgIpc) is 3.17. The Morgan fingerprint density at radius 3 is 2.68 bits per heavy atom. The fourth-order valence-corrected chi connectivity index (χ4v) is 5.16. The second-order valence-electron chi connectivity index (χ2n) is 7.44. The lowest BCUT2D eigenvalue weighted by molar-refractivity contribution is -0.126. The molecule has 0 saturated carbocycles. The van der Waals surface area contributed by atoms with Gasteiger partial charge in [0.2, 0.25) is 16.9 Å². The zero-order valence-corrected chi connectivity index (χ0v) is 18.7. The summed E-state index contributed by atoms with van der Waals surface area (Å²) in [6, 6.07) is 13.5. The van der Waals surface area contributed by atoms with E-state index in [9.17, 15) is 14.0 Å². The van der Waals surface area contributed by atoms with E-state index in [1.807, 2.05) is 18.2 Å². The molecule has 4 rings (SSSR count). The van der Waals surface area contributed by atoms with Crippen LogP contribution in [0.2, 0.25) is 0 Å². The van der Waals surface area contributed by atoms with Crippen LogP contribution in [-0.2, 0) is 9.59 Å². The highest BCUT2D eigenvalue weighted by molar-refractivity contribution is 8.02. The normalized spacial score (nSPS) is 15.7. The van der Waals surface area contributed by atoms with Gasteiger partial charge in [-0.3, -0.25) is 14.5 Å². The van der Waals surface area contributed by atoms with Gasteiger partial charge >= 0.3 is 0 Å². The third kappa shape index (κ3) is 4.13. The molecule has 10 heteroatoms. The Hall–Kier alpha value is -2.98. The highest BCUT2D eigenvalue weighted by atomic mass is 32.2. The highest BCUT2D eigenvalue weighted by Gasteiger charge is 2.44. The van der Waals surface area contributed by atoms with Crippen LogP contribution in [0.5, 0.6) is 0 Å². The lowest BCUT2D eigenvalue weighted by Gasteiger charge is -2.42. The van der Waals surface area contributed by atoms with Crippen molar-refractivity contribution in [1.82, 2.24) is 10.2 Å². The number of thioether (sulfide) groups is 1. The van der Waals surface area contributed by atoms with Crippen molar-refractivity contribution < 1.29 is 14.0 Å². The van der Waals surface area contributed by atoms with Gasteiger partial charge in [0, 0.05) is 0 Å². The third-order valence-corrected chi connectivity index (χ3v) is 6.89. The fourth-order valence-electron chi connectivity index (χ4n) is 3.22. The molecule has 1 aromatic heterocycles. The molecule has 7 nitrogen and oxygen atoms in total. The molecule has 1 aliphatic rings. The minimum Gasteiger partial charge on any atom is -0.328 e. The van der Waals surface area contributed by atoms with Gasteiger partial charge < -0.3 is 10.6 Å². The second kappa shape index (κ2) is 8.27. The van der Waals surface area contributed by atoms with E-state index in [0.29, 0.717) is 26.5 Å². The zero-order valence-electron chi connectivity index (χ0n) is 17.0. The lowest BCUT2D eigenvalue weighted by Crippen LogP contribution is -2.60. The van der Waals surface area contributed by atoms with Crippen LogP contribution in [0.1, 0.15) is 20.8 Å². The molecular formula is C21H20FN5O2S2. The molecule has 0 fully saturated rings. The molecule has 1 atom stereocenters. The standard InChI is InChI=1S/C21H20FN5O2S2/c1-12(30-20-26-25-19(31-20)24-14-9-5-4-8-13(14)22)17(28)27-16-11-7-6-10-15(16)23-18(29)21(27,2)3/h4-12H,1-3H3,(H,23,29)(H,24,25)/t12-/m0/s1. The topological polar surface area (TPSA) is 87.2 Å². The number of para-hydroxylation sites is 3. The molecule has 3 aromatic rings. The van der Waals surface area contributed by atoms with Crippen LogP contribution in [0.3, 0.4) is 0 Å². The van der Waals surface area contributed by atoms with Crippen molar-refractivity contribution in [1.29, 1.82) is 0 Å². The number of nitrogens with zero attached hydrogens (tertiary/aromatic N) is 3. The Bertz CT molecular complexity index is 1150. The minimum absolute atomic E-state index is 0.212. The number of nitrogens with one attached hydrogen (secondary N) is 2. The third-order valence-electron chi connectivity index (χ3n) is 4.88. The highest BCUT2D eigenvalue weighted by Crippen LogP contribution is 2.39. The van der Waals surface area contributed by atoms with Crippen LogP contribution in [0.25, 0.3) is 0 Å². The van der Waals surface area contributed by atoms with E-state index in [0.717, 1.165) is 0 Å². The van der Waals surface area contributed by atoms with E-state index < -0.39 is 10.8 Å². The number of anilines is 4. The number of hydrogen-bond acceptors (Lipinski definition) is 7. The van der Waals surface area contributed by atoms with Gasteiger partial charge in [0.1, 0.15) is 11.4 Å². The Balaban J connectivity index is 1.52. The molecule has 0 radical (unpaired) electrons. The quantitative estimate of drug-likeness (QED) is 0.542. The maximum atomic E-state index is 13.8. The number of halogens is 1. The SMILES string of the molecule is C[C@H](Sc1nnc(Nc2ccccc2F)s1)C(=O)N1c2ccccc2NC(=O)C1(C)C. The maximum absolute atomic E-state index is 13.8. The summed E-state index contributed by atoms with van der Waals surface area (Å²) in [5.74, 6) is -0.847. The summed E-state index contributed by atoms with van der Waals surface area (Å²) in [5, 5.41) is 13.8. The summed E-state index contributed by atoms with van der Waals surface area (Å²) >= 11 is 2.47. The van der Waals surface area contributed by atoms with Gasteiger partial charge in [0.25, 0.3) is 0 Å². The van der Waals surface area contributed by atoms with Crippen molar-refractivity contribution in [2.24, 2.45) is 0 Å². The van der Waals surface area contributed by atoms with E-state index in [2.05, 4.69) is 20.8 Å². The first-order valence-corrected chi connectivity index (χ1v) is 11.2. The van der Waals surface area contributed by atoms with Crippen molar-refractivity contribution in [3.05, 3.63) is 54.3 Å². The Labute approximate surface area is 187 Å². The van der Waals surface area contributed by atoms with E-state index in [4.69, 9.17) is 0 Å². The number of fused-ring (bicyclic) bond motifs is 1. The summed E-state index contributed by atoms with van der Waals surface area (Å²) in [5.41, 5.74) is 0.518. The molecule has 0 saturated heterocycles. The number of aromatic nitrogens is 2. The second-order valence-corrected chi connectivity index (χ2v) is 10.0. The Kier molecular flexibility index (Phi) is 5.67. The average molecular weight is 458 g/mol. The largest absolute Gasteiger partial charge is 0.328 e. The first-order chi connectivity index (χ1) is 14.8. The summed E-state index contributed by atoms with van der Waals surface area (Å²) in [7, 11) is 0.